The van der Waals surface area contributed by atoms with Crippen molar-refractivity contribution in [1.29, 1.82) is 0 Å². The minimum absolute atomic E-state index is 0.0166. The molecule has 1 aliphatic heterocycles. The van der Waals surface area contributed by atoms with Crippen LogP contribution in [0.15, 0.2) is 42.5 Å². The third-order valence-electron chi connectivity index (χ3n) is 3.63. The van der Waals surface area contributed by atoms with E-state index in [4.69, 9.17) is 23.2 Å². The Kier molecular flexibility index (Phi) is 3.89. The highest BCUT2D eigenvalue weighted by atomic mass is 35.5. The van der Waals surface area contributed by atoms with E-state index < -0.39 is 6.04 Å². The highest BCUT2D eigenvalue weighted by Gasteiger charge is 2.31. The number of halogens is 2. The van der Waals surface area contributed by atoms with Gasteiger partial charge >= 0.3 is 0 Å². The number of hydrogen-bond donors (Lipinski definition) is 2. The molecule has 0 saturated heterocycles. The van der Waals surface area contributed by atoms with Gasteiger partial charge in [0.15, 0.2) is 0 Å². The Labute approximate surface area is 133 Å². The van der Waals surface area contributed by atoms with Crippen LogP contribution in [0.4, 0.5) is 5.69 Å². The van der Waals surface area contributed by atoms with E-state index >= 15 is 0 Å². The van der Waals surface area contributed by atoms with Crippen LogP contribution in [-0.4, -0.2) is 5.91 Å². The highest BCUT2D eigenvalue weighted by molar-refractivity contribution is 6.31. The standard InChI is InChI=1S/C16H14Cl2N2O/c1-9(10-2-4-11(17)5-3-10)19-15-13-8-12(18)6-7-14(13)20-16(15)21/h2-9,15,19H,1H3,(H,20,21). The summed E-state index contributed by atoms with van der Waals surface area (Å²) < 4.78 is 0. The molecule has 3 nitrogen and oxygen atoms in total. The van der Waals surface area contributed by atoms with E-state index in [9.17, 15) is 4.79 Å². The molecule has 1 amide bonds. The van der Waals surface area contributed by atoms with Crippen LogP contribution in [0, 0.1) is 0 Å². The van der Waals surface area contributed by atoms with Crippen LogP contribution < -0.4 is 10.6 Å². The number of benzene rings is 2. The highest BCUT2D eigenvalue weighted by Crippen LogP contribution is 2.34. The molecule has 2 N–H and O–H groups in total. The fraction of sp³-hybridized carbons (Fsp3) is 0.188. The Balaban J connectivity index is 1.83. The molecule has 0 aromatic heterocycles. The molecule has 21 heavy (non-hydrogen) atoms. The zero-order valence-corrected chi connectivity index (χ0v) is 12.9. The molecule has 0 radical (unpaired) electrons. The van der Waals surface area contributed by atoms with Gasteiger partial charge in [-0.25, -0.2) is 0 Å². The summed E-state index contributed by atoms with van der Waals surface area (Å²) in [5.41, 5.74) is 2.76. The molecule has 1 heterocycles. The molecule has 0 fully saturated rings. The van der Waals surface area contributed by atoms with Gasteiger partial charge in [-0.3, -0.25) is 10.1 Å². The second kappa shape index (κ2) is 5.68. The third-order valence-corrected chi connectivity index (χ3v) is 4.12. The van der Waals surface area contributed by atoms with Crippen LogP contribution in [0.3, 0.4) is 0 Å². The molecule has 1 aliphatic rings. The Hall–Kier alpha value is -1.55. The topological polar surface area (TPSA) is 41.1 Å². The Morgan fingerprint density at radius 1 is 1.10 bits per heavy atom. The molecule has 0 saturated carbocycles. The monoisotopic (exact) mass is 320 g/mol. The van der Waals surface area contributed by atoms with Gasteiger partial charge in [0.05, 0.1) is 0 Å². The van der Waals surface area contributed by atoms with Crippen LogP contribution in [0.1, 0.15) is 30.1 Å². The number of amides is 1. The summed E-state index contributed by atoms with van der Waals surface area (Å²) in [6.45, 7) is 2.01. The van der Waals surface area contributed by atoms with Crippen molar-refractivity contribution in [2.45, 2.75) is 19.0 Å². The first kappa shape index (κ1) is 14.4. The average Bonchev–Trinajstić information content (AvgIpc) is 2.76. The van der Waals surface area contributed by atoms with E-state index in [1.165, 1.54) is 0 Å². The third kappa shape index (κ3) is 2.91. The molecule has 2 atom stereocenters. The lowest BCUT2D eigenvalue weighted by molar-refractivity contribution is -0.117. The first-order valence-electron chi connectivity index (χ1n) is 6.66. The molecule has 5 heteroatoms. The molecule has 2 aromatic carbocycles. The van der Waals surface area contributed by atoms with E-state index in [2.05, 4.69) is 10.6 Å². The summed E-state index contributed by atoms with van der Waals surface area (Å²) in [6, 6.07) is 12.6. The maximum atomic E-state index is 12.1. The van der Waals surface area contributed by atoms with Gasteiger partial charge in [-0.2, -0.15) is 0 Å². The molecular weight excluding hydrogens is 307 g/mol. The molecule has 0 bridgehead atoms. The molecule has 108 valence electrons. The van der Waals surface area contributed by atoms with Gasteiger partial charge in [-0.15, -0.1) is 0 Å². The van der Waals surface area contributed by atoms with Gasteiger partial charge in [-0.1, -0.05) is 35.3 Å². The number of hydrogen-bond acceptors (Lipinski definition) is 2. The van der Waals surface area contributed by atoms with Gasteiger partial charge in [0.2, 0.25) is 5.91 Å². The minimum Gasteiger partial charge on any atom is -0.324 e. The Bertz CT molecular complexity index is 685. The maximum absolute atomic E-state index is 12.1. The van der Waals surface area contributed by atoms with Gasteiger partial charge < -0.3 is 5.32 Å². The lowest BCUT2D eigenvalue weighted by atomic mass is 10.0. The SMILES string of the molecule is CC(NC1C(=O)Nc2ccc(Cl)cc21)c1ccc(Cl)cc1. The number of fused-ring (bicyclic) bond motifs is 1. The summed E-state index contributed by atoms with van der Waals surface area (Å²) in [6.07, 6.45) is 0. The first-order valence-corrected chi connectivity index (χ1v) is 7.42. The van der Waals surface area contributed by atoms with Crippen molar-refractivity contribution in [3.8, 4) is 0 Å². The molecule has 2 unspecified atom stereocenters. The van der Waals surface area contributed by atoms with Gasteiger partial charge in [0, 0.05) is 27.3 Å². The van der Waals surface area contributed by atoms with Crippen molar-refractivity contribution in [3.05, 3.63) is 63.6 Å². The van der Waals surface area contributed by atoms with Gasteiger partial charge in [-0.05, 0) is 42.8 Å². The van der Waals surface area contributed by atoms with Gasteiger partial charge in [0.1, 0.15) is 6.04 Å². The molecule has 0 aliphatic carbocycles. The molecular formula is C16H14Cl2N2O. The normalized spacial score (nSPS) is 18.2. The van der Waals surface area contributed by atoms with Crippen molar-refractivity contribution in [1.82, 2.24) is 5.32 Å². The number of anilines is 1. The average molecular weight is 321 g/mol. The Morgan fingerprint density at radius 2 is 1.76 bits per heavy atom. The van der Waals surface area contributed by atoms with Crippen LogP contribution in [0.5, 0.6) is 0 Å². The molecule has 2 aromatic rings. The fourth-order valence-corrected chi connectivity index (χ4v) is 2.80. The van der Waals surface area contributed by atoms with Crippen molar-refractivity contribution < 1.29 is 4.79 Å². The van der Waals surface area contributed by atoms with E-state index in [0.29, 0.717) is 10.0 Å². The van der Waals surface area contributed by atoms with Crippen molar-refractivity contribution >= 4 is 34.8 Å². The summed E-state index contributed by atoms with van der Waals surface area (Å²) in [4.78, 5) is 12.1. The van der Waals surface area contributed by atoms with E-state index in [1.807, 2.05) is 43.3 Å². The molecule has 0 spiro atoms. The lowest BCUT2D eigenvalue weighted by Crippen LogP contribution is -2.29. The molecule has 3 rings (SSSR count). The summed E-state index contributed by atoms with van der Waals surface area (Å²) in [5.74, 6) is -0.0620. The second-order valence-electron chi connectivity index (χ2n) is 5.09. The summed E-state index contributed by atoms with van der Waals surface area (Å²) >= 11 is 11.9. The second-order valence-corrected chi connectivity index (χ2v) is 5.97. The number of nitrogens with one attached hydrogen (secondary N) is 2. The van der Waals surface area contributed by atoms with E-state index in [1.54, 1.807) is 6.07 Å². The smallest absolute Gasteiger partial charge is 0.246 e. The number of carbonyl (C=O) groups excluding carboxylic acids is 1. The summed E-state index contributed by atoms with van der Waals surface area (Å²) in [7, 11) is 0. The predicted octanol–water partition coefficient (Wildman–Crippen LogP) is 4.34. The van der Waals surface area contributed by atoms with Crippen molar-refractivity contribution in [3.63, 3.8) is 0 Å². The van der Waals surface area contributed by atoms with Crippen molar-refractivity contribution in [2.24, 2.45) is 0 Å². The Morgan fingerprint density at radius 3 is 2.48 bits per heavy atom. The lowest BCUT2D eigenvalue weighted by Gasteiger charge is -2.19. The number of carbonyl (C=O) groups is 1. The predicted molar refractivity (Wildman–Crippen MR) is 85.8 cm³/mol. The minimum atomic E-state index is -0.399. The van der Waals surface area contributed by atoms with Crippen molar-refractivity contribution in [2.75, 3.05) is 5.32 Å². The quantitative estimate of drug-likeness (QED) is 0.883. The fourth-order valence-electron chi connectivity index (χ4n) is 2.50. The maximum Gasteiger partial charge on any atom is 0.246 e. The number of rotatable bonds is 3. The first-order chi connectivity index (χ1) is 10.0. The summed E-state index contributed by atoms with van der Waals surface area (Å²) in [5, 5.41) is 7.51. The largest absolute Gasteiger partial charge is 0.324 e. The van der Waals surface area contributed by atoms with Crippen LogP contribution in [0.2, 0.25) is 10.0 Å². The van der Waals surface area contributed by atoms with E-state index in [-0.39, 0.29) is 11.9 Å². The van der Waals surface area contributed by atoms with Crippen LogP contribution in [0.25, 0.3) is 0 Å². The zero-order valence-electron chi connectivity index (χ0n) is 11.4. The van der Waals surface area contributed by atoms with E-state index in [0.717, 1.165) is 16.8 Å². The van der Waals surface area contributed by atoms with Crippen LogP contribution >= 0.6 is 23.2 Å². The van der Waals surface area contributed by atoms with Gasteiger partial charge in [0.25, 0.3) is 0 Å². The zero-order chi connectivity index (χ0) is 15.0. The van der Waals surface area contributed by atoms with Crippen LogP contribution in [-0.2, 0) is 4.79 Å².